The molecule has 4 heteroatoms. The second kappa shape index (κ2) is 4.77. The van der Waals surface area contributed by atoms with Gasteiger partial charge in [0.2, 0.25) is 5.91 Å². The van der Waals surface area contributed by atoms with Gasteiger partial charge in [-0.05, 0) is 41.8 Å². The number of thiophene rings is 1. The molecule has 1 aromatic heterocycles. The van der Waals surface area contributed by atoms with Gasteiger partial charge in [0.25, 0.3) is 0 Å². The summed E-state index contributed by atoms with van der Waals surface area (Å²) in [6.07, 6.45) is 2.37. The average molecular weight is 224 g/mol. The first kappa shape index (κ1) is 10.6. The molecule has 3 nitrogen and oxygen atoms in total. The van der Waals surface area contributed by atoms with Crippen molar-refractivity contribution in [1.29, 1.82) is 0 Å². The number of likely N-dealkylation sites (tertiary alicyclic amines) is 1. The molecule has 1 atom stereocenters. The Morgan fingerprint density at radius 3 is 3.27 bits per heavy atom. The maximum absolute atomic E-state index is 11.3. The molecule has 0 bridgehead atoms. The van der Waals surface area contributed by atoms with Crippen LogP contribution in [-0.2, 0) is 4.79 Å². The summed E-state index contributed by atoms with van der Waals surface area (Å²) in [5.74, 6) is 0.108. The largest absolute Gasteiger partial charge is 0.358 e. The Labute approximate surface area is 94.1 Å². The Morgan fingerprint density at radius 2 is 2.60 bits per heavy atom. The number of amides is 1. The van der Waals surface area contributed by atoms with Crippen LogP contribution in [-0.4, -0.2) is 30.9 Å². The van der Waals surface area contributed by atoms with Gasteiger partial charge in [0.15, 0.2) is 0 Å². The summed E-state index contributed by atoms with van der Waals surface area (Å²) in [7, 11) is 1.69. The van der Waals surface area contributed by atoms with Crippen LogP contribution in [0, 0.1) is 0 Å². The van der Waals surface area contributed by atoms with Crippen molar-refractivity contribution in [3.8, 4) is 0 Å². The summed E-state index contributed by atoms with van der Waals surface area (Å²) in [6.45, 7) is 1.56. The molecule has 15 heavy (non-hydrogen) atoms. The predicted octanol–water partition coefficient (Wildman–Crippen LogP) is 1.63. The topological polar surface area (TPSA) is 32.3 Å². The fourth-order valence-electron chi connectivity index (χ4n) is 2.12. The minimum Gasteiger partial charge on any atom is -0.358 e. The van der Waals surface area contributed by atoms with Gasteiger partial charge >= 0.3 is 0 Å². The zero-order valence-corrected chi connectivity index (χ0v) is 9.72. The first-order chi connectivity index (χ1) is 7.31. The van der Waals surface area contributed by atoms with Crippen LogP contribution in [0.5, 0.6) is 0 Å². The van der Waals surface area contributed by atoms with Gasteiger partial charge in [-0.25, -0.2) is 0 Å². The van der Waals surface area contributed by atoms with E-state index in [1.807, 2.05) is 0 Å². The number of carbonyl (C=O) groups is 1. The molecule has 1 fully saturated rings. The smallest absolute Gasteiger partial charge is 0.233 e. The Hall–Kier alpha value is -0.870. The van der Waals surface area contributed by atoms with E-state index in [1.54, 1.807) is 18.4 Å². The second-order valence-corrected chi connectivity index (χ2v) is 4.64. The van der Waals surface area contributed by atoms with E-state index in [4.69, 9.17) is 0 Å². The number of hydrogen-bond acceptors (Lipinski definition) is 3. The molecule has 82 valence electrons. The lowest BCUT2D eigenvalue weighted by Crippen LogP contribution is -2.35. The van der Waals surface area contributed by atoms with E-state index < -0.39 is 0 Å². The molecule has 0 spiro atoms. The van der Waals surface area contributed by atoms with Crippen molar-refractivity contribution in [1.82, 2.24) is 10.2 Å². The van der Waals surface area contributed by atoms with Gasteiger partial charge in [-0.15, -0.1) is 0 Å². The van der Waals surface area contributed by atoms with E-state index in [9.17, 15) is 4.79 Å². The molecule has 1 saturated heterocycles. The summed E-state index contributed by atoms with van der Waals surface area (Å²) >= 11 is 1.73. The Bertz CT molecular complexity index is 323. The first-order valence-electron chi connectivity index (χ1n) is 5.28. The number of carbonyl (C=O) groups excluding carboxylic acids is 1. The zero-order valence-electron chi connectivity index (χ0n) is 8.90. The molecule has 0 aromatic carbocycles. The molecule has 2 heterocycles. The quantitative estimate of drug-likeness (QED) is 0.846. The van der Waals surface area contributed by atoms with Crippen LogP contribution in [0.25, 0.3) is 0 Å². The van der Waals surface area contributed by atoms with Crippen LogP contribution in [0.15, 0.2) is 16.8 Å². The molecule has 1 aliphatic rings. The number of likely N-dealkylation sites (N-methyl/N-ethyl adjacent to an activating group) is 1. The van der Waals surface area contributed by atoms with E-state index in [0.29, 0.717) is 12.6 Å². The Morgan fingerprint density at radius 1 is 1.73 bits per heavy atom. The molecule has 1 aliphatic heterocycles. The molecular weight excluding hydrogens is 208 g/mol. The maximum atomic E-state index is 11.3. The normalized spacial score (nSPS) is 21.8. The van der Waals surface area contributed by atoms with Crippen molar-refractivity contribution in [2.24, 2.45) is 0 Å². The summed E-state index contributed by atoms with van der Waals surface area (Å²) in [5.41, 5.74) is 1.36. The van der Waals surface area contributed by atoms with Crippen molar-refractivity contribution in [2.45, 2.75) is 18.9 Å². The molecule has 2 rings (SSSR count). The molecule has 1 aromatic rings. The monoisotopic (exact) mass is 224 g/mol. The summed E-state index contributed by atoms with van der Waals surface area (Å²) in [6, 6.07) is 2.62. The highest BCUT2D eigenvalue weighted by Gasteiger charge is 2.27. The van der Waals surface area contributed by atoms with Gasteiger partial charge in [0, 0.05) is 13.1 Å². The molecule has 0 radical (unpaired) electrons. The third-order valence-corrected chi connectivity index (χ3v) is 3.62. The number of nitrogens with one attached hydrogen (secondary N) is 1. The van der Waals surface area contributed by atoms with Crippen LogP contribution < -0.4 is 5.32 Å². The van der Waals surface area contributed by atoms with Gasteiger partial charge in [0.05, 0.1) is 6.54 Å². The van der Waals surface area contributed by atoms with Crippen molar-refractivity contribution in [3.63, 3.8) is 0 Å². The van der Waals surface area contributed by atoms with Crippen LogP contribution in [0.1, 0.15) is 24.4 Å². The van der Waals surface area contributed by atoms with E-state index in [2.05, 4.69) is 27.0 Å². The van der Waals surface area contributed by atoms with Crippen molar-refractivity contribution < 1.29 is 4.79 Å². The van der Waals surface area contributed by atoms with Crippen molar-refractivity contribution in [2.75, 3.05) is 20.1 Å². The number of rotatable bonds is 3. The van der Waals surface area contributed by atoms with Gasteiger partial charge in [-0.1, -0.05) is 0 Å². The second-order valence-electron chi connectivity index (χ2n) is 3.86. The lowest BCUT2D eigenvalue weighted by molar-refractivity contribution is -0.122. The molecule has 0 aliphatic carbocycles. The minimum absolute atomic E-state index is 0.108. The number of hydrogen-bond donors (Lipinski definition) is 1. The lowest BCUT2D eigenvalue weighted by atomic mass is 10.1. The maximum Gasteiger partial charge on any atom is 0.233 e. The third-order valence-electron chi connectivity index (χ3n) is 2.92. The molecule has 1 amide bonds. The minimum atomic E-state index is 0.108. The average Bonchev–Trinajstić information content (AvgIpc) is 2.86. The third kappa shape index (κ3) is 2.38. The van der Waals surface area contributed by atoms with Crippen LogP contribution in [0.4, 0.5) is 0 Å². The van der Waals surface area contributed by atoms with E-state index in [0.717, 1.165) is 6.54 Å². The first-order valence-corrected chi connectivity index (χ1v) is 6.22. The van der Waals surface area contributed by atoms with Crippen LogP contribution in [0.3, 0.4) is 0 Å². The standard InChI is InChI=1S/C11H16N2OS/c1-12-11(14)7-13-5-2-3-10(13)9-4-6-15-8-9/h4,6,8,10H,2-3,5,7H2,1H3,(H,12,14)/t10-/m1/s1. The highest BCUT2D eigenvalue weighted by Crippen LogP contribution is 2.32. The fourth-order valence-corrected chi connectivity index (χ4v) is 2.83. The zero-order chi connectivity index (χ0) is 10.7. The lowest BCUT2D eigenvalue weighted by Gasteiger charge is -2.22. The molecule has 1 N–H and O–H groups in total. The van der Waals surface area contributed by atoms with Crippen LogP contribution >= 0.6 is 11.3 Å². The summed E-state index contributed by atoms with van der Waals surface area (Å²) in [4.78, 5) is 13.6. The van der Waals surface area contributed by atoms with Gasteiger partial charge in [0.1, 0.15) is 0 Å². The molecular formula is C11H16N2OS. The van der Waals surface area contributed by atoms with Gasteiger partial charge in [-0.2, -0.15) is 11.3 Å². The van der Waals surface area contributed by atoms with E-state index >= 15 is 0 Å². The SMILES string of the molecule is CNC(=O)CN1CCC[C@@H]1c1ccsc1. The highest BCUT2D eigenvalue weighted by atomic mass is 32.1. The van der Waals surface area contributed by atoms with Crippen LogP contribution in [0.2, 0.25) is 0 Å². The molecule has 0 unspecified atom stereocenters. The number of nitrogens with zero attached hydrogens (tertiary/aromatic N) is 1. The summed E-state index contributed by atoms with van der Waals surface area (Å²) < 4.78 is 0. The van der Waals surface area contributed by atoms with Crippen molar-refractivity contribution >= 4 is 17.2 Å². The summed E-state index contributed by atoms with van der Waals surface area (Å²) in [5, 5.41) is 6.97. The Kier molecular flexibility index (Phi) is 3.38. The van der Waals surface area contributed by atoms with E-state index in [-0.39, 0.29) is 5.91 Å². The fraction of sp³-hybridized carbons (Fsp3) is 0.545. The van der Waals surface area contributed by atoms with Gasteiger partial charge < -0.3 is 5.32 Å². The Balaban J connectivity index is 2.02. The molecule has 0 saturated carbocycles. The van der Waals surface area contributed by atoms with E-state index in [1.165, 1.54) is 18.4 Å². The van der Waals surface area contributed by atoms with Gasteiger partial charge in [-0.3, -0.25) is 9.69 Å². The predicted molar refractivity (Wildman–Crippen MR) is 61.9 cm³/mol. The highest BCUT2D eigenvalue weighted by molar-refractivity contribution is 7.07. The van der Waals surface area contributed by atoms with Crippen molar-refractivity contribution in [3.05, 3.63) is 22.4 Å².